The summed E-state index contributed by atoms with van der Waals surface area (Å²) in [4.78, 5) is 12.1. The summed E-state index contributed by atoms with van der Waals surface area (Å²) in [6.07, 6.45) is 2.46. The van der Waals surface area contributed by atoms with Gasteiger partial charge in [-0.15, -0.1) is 0 Å². The molecule has 0 saturated heterocycles. The number of benzene rings is 2. The van der Waals surface area contributed by atoms with Crippen LogP contribution < -0.4 is 19.6 Å². The zero-order valence-electron chi connectivity index (χ0n) is 14.6. The zero-order chi connectivity index (χ0) is 18.1. The van der Waals surface area contributed by atoms with Gasteiger partial charge in [-0.1, -0.05) is 6.92 Å². The van der Waals surface area contributed by atoms with Crippen LogP contribution in [0.3, 0.4) is 0 Å². The number of methoxy groups -OCH3 is 2. The van der Waals surface area contributed by atoms with Gasteiger partial charge >= 0.3 is 0 Å². The van der Waals surface area contributed by atoms with Crippen molar-refractivity contribution >= 4 is 12.1 Å². The highest BCUT2D eigenvalue weighted by Gasteiger charge is 2.05. The van der Waals surface area contributed by atoms with Gasteiger partial charge in [0.05, 0.1) is 27.0 Å². The van der Waals surface area contributed by atoms with Gasteiger partial charge in [0.1, 0.15) is 17.2 Å². The van der Waals surface area contributed by atoms with E-state index in [0.717, 1.165) is 17.7 Å². The van der Waals surface area contributed by atoms with Gasteiger partial charge in [-0.05, 0) is 42.8 Å². The third-order valence-electron chi connectivity index (χ3n) is 3.40. The summed E-state index contributed by atoms with van der Waals surface area (Å²) < 4.78 is 15.9. The van der Waals surface area contributed by atoms with Gasteiger partial charge in [-0.2, -0.15) is 5.10 Å². The first-order valence-corrected chi connectivity index (χ1v) is 7.96. The molecule has 0 aromatic heterocycles. The normalized spacial score (nSPS) is 10.5. The maximum atomic E-state index is 12.1. The highest BCUT2D eigenvalue weighted by atomic mass is 16.5. The minimum absolute atomic E-state index is 0.300. The lowest BCUT2D eigenvalue weighted by Crippen LogP contribution is -2.17. The molecule has 1 amide bonds. The molecule has 2 rings (SSSR count). The van der Waals surface area contributed by atoms with Crippen LogP contribution in [-0.4, -0.2) is 32.9 Å². The van der Waals surface area contributed by atoms with Gasteiger partial charge in [0.15, 0.2) is 0 Å². The van der Waals surface area contributed by atoms with Crippen LogP contribution >= 0.6 is 0 Å². The van der Waals surface area contributed by atoms with E-state index < -0.39 is 0 Å². The standard InChI is InChI=1S/C19H22N2O4/c1-4-11-25-16-8-5-14(6-9-16)19(22)21-20-13-15-7-10-17(23-2)12-18(15)24-3/h5-10,12-13H,4,11H2,1-3H3,(H,21,22)/b20-13+. The van der Waals surface area contributed by atoms with Crippen LogP contribution in [0.4, 0.5) is 0 Å². The molecule has 0 radical (unpaired) electrons. The van der Waals surface area contributed by atoms with Gasteiger partial charge in [0.2, 0.25) is 0 Å². The maximum absolute atomic E-state index is 12.1. The van der Waals surface area contributed by atoms with Crippen molar-refractivity contribution in [2.45, 2.75) is 13.3 Å². The lowest BCUT2D eigenvalue weighted by molar-refractivity contribution is 0.0955. The summed E-state index contributed by atoms with van der Waals surface area (Å²) in [5.74, 6) is 1.73. The highest BCUT2D eigenvalue weighted by Crippen LogP contribution is 2.23. The Labute approximate surface area is 147 Å². The van der Waals surface area contributed by atoms with Crippen LogP contribution in [0, 0.1) is 0 Å². The molecule has 1 N–H and O–H groups in total. The van der Waals surface area contributed by atoms with E-state index in [9.17, 15) is 4.79 Å². The van der Waals surface area contributed by atoms with Crippen molar-refractivity contribution < 1.29 is 19.0 Å². The van der Waals surface area contributed by atoms with E-state index >= 15 is 0 Å². The third-order valence-corrected chi connectivity index (χ3v) is 3.40. The van der Waals surface area contributed by atoms with E-state index in [0.29, 0.717) is 23.7 Å². The third kappa shape index (κ3) is 5.24. The number of amides is 1. The van der Waals surface area contributed by atoms with Crippen molar-refractivity contribution in [1.82, 2.24) is 5.43 Å². The predicted molar refractivity (Wildman–Crippen MR) is 96.8 cm³/mol. The number of rotatable bonds is 8. The van der Waals surface area contributed by atoms with Gasteiger partial charge in [0, 0.05) is 17.2 Å². The molecule has 0 fully saturated rings. The molecule has 2 aromatic rings. The highest BCUT2D eigenvalue weighted by molar-refractivity contribution is 5.95. The maximum Gasteiger partial charge on any atom is 0.271 e. The Bertz CT molecular complexity index is 727. The van der Waals surface area contributed by atoms with Crippen molar-refractivity contribution in [3.05, 3.63) is 53.6 Å². The number of nitrogens with one attached hydrogen (secondary N) is 1. The fraction of sp³-hybridized carbons (Fsp3) is 0.263. The van der Waals surface area contributed by atoms with Crippen molar-refractivity contribution in [1.29, 1.82) is 0 Å². The molecule has 0 bridgehead atoms. The molecular formula is C19H22N2O4. The first-order valence-electron chi connectivity index (χ1n) is 7.96. The molecular weight excluding hydrogens is 320 g/mol. The fourth-order valence-corrected chi connectivity index (χ4v) is 2.07. The minimum atomic E-state index is -0.300. The van der Waals surface area contributed by atoms with Crippen LogP contribution in [0.25, 0.3) is 0 Å². The monoisotopic (exact) mass is 342 g/mol. The summed E-state index contributed by atoms with van der Waals surface area (Å²) >= 11 is 0. The van der Waals surface area contributed by atoms with Gasteiger partial charge < -0.3 is 14.2 Å². The minimum Gasteiger partial charge on any atom is -0.497 e. The SMILES string of the molecule is CCCOc1ccc(C(=O)N/N=C/c2ccc(OC)cc2OC)cc1. The molecule has 2 aromatic carbocycles. The lowest BCUT2D eigenvalue weighted by atomic mass is 10.2. The van der Waals surface area contributed by atoms with Crippen molar-refractivity contribution in [2.24, 2.45) is 5.10 Å². The number of carbonyl (C=O) groups excluding carboxylic acids is 1. The fourth-order valence-electron chi connectivity index (χ4n) is 2.07. The molecule has 132 valence electrons. The number of hydrogen-bond acceptors (Lipinski definition) is 5. The molecule has 0 saturated carbocycles. The molecule has 0 atom stereocenters. The molecule has 0 unspecified atom stereocenters. The van der Waals surface area contributed by atoms with Crippen LogP contribution in [0.2, 0.25) is 0 Å². The Kier molecular flexibility index (Phi) is 6.83. The Balaban J connectivity index is 1.98. The molecule has 0 aliphatic rings. The molecule has 0 aliphatic carbocycles. The molecule has 6 nitrogen and oxygen atoms in total. The molecule has 25 heavy (non-hydrogen) atoms. The number of carbonyl (C=O) groups is 1. The Morgan fingerprint density at radius 2 is 1.80 bits per heavy atom. The Hall–Kier alpha value is -3.02. The van der Waals surface area contributed by atoms with Crippen LogP contribution in [0.1, 0.15) is 29.3 Å². The number of ether oxygens (including phenoxy) is 3. The van der Waals surface area contributed by atoms with E-state index in [4.69, 9.17) is 14.2 Å². The summed E-state index contributed by atoms with van der Waals surface area (Å²) in [7, 11) is 3.15. The first-order chi connectivity index (χ1) is 12.2. The summed E-state index contributed by atoms with van der Waals surface area (Å²) in [5, 5.41) is 3.98. The summed E-state index contributed by atoms with van der Waals surface area (Å²) in [6, 6.07) is 12.3. The predicted octanol–water partition coefficient (Wildman–Crippen LogP) is 3.26. The van der Waals surface area contributed by atoms with E-state index in [2.05, 4.69) is 10.5 Å². The lowest BCUT2D eigenvalue weighted by Gasteiger charge is -2.07. The largest absolute Gasteiger partial charge is 0.497 e. The topological polar surface area (TPSA) is 69.2 Å². The zero-order valence-corrected chi connectivity index (χ0v) is 14.6. The van der Waals surface area contributed by atoms with Crippen LogP contribution in [0.15, 0.2) is 47.6 Å². The van der Waals surface area contributed by atoms with E-state index in [1.54, 1.807) is 56.7 Å². The van der Waals surface area contributed by atoms with Gasteiger partial charge in [0.25, 0.3) is 5.91 Å². The van der Waals surface area contributed by atoms with Gasteiger partial charge in [-0.3, -0.25) is 4.79 Å². The van der Waals surface area contributed by atoms with Crippen molar-refractivity contribution in [3.8, 4) is 17.2 Å². The molecule has 0 aliphatic heterocycles. The van der Waals surface area contributed by atoms with E-state index in [1.165, 1.54) is 6.21 Å². The second-order valence-corrected chi connectivity index (χ2v) is 5.18. The summed E-state index contributed by atoms with van der Waals surface area (Å²) in [6.45, 7) is 2.69. The van der Waals surface area contributed by atoms with Crippen molar-refractivity contribution in [3.63, 3.8) is 0 Å². The smallest absolute Gasteiger partial charge is 0.271 e. The molecule has 0 spiro atoms. The van der Waals surface area contributed by atoms with Gasteiger partial charge in [-0.25, -0.2) is 5.43 Å². The molecule has 6 heteroatoms. The number of nitrogens with zero attached hydrogens (tertiary/aromatic N) is 1. The summed E-state index contributed by atoms with van der Waals surface area (Å²) in [5.41, 5.74) is 3.72. The quantitative estimate of drug-likeness (QED) is 0.590. The average Bonchev–Trinajstić information content (AvgIpc) is 2.66. The van der Waals surface area contributed by atoms with E-state index in [-0.39, 0.29) is 5.91 Å². The second-order valence-electron chi connectivity index (χ2n) is 5.18. The Morgan fingerprint density at radius 1 is 1.08 bits per heavy atom. The van der Waals surface area contributed by atoms with Crippen molar-refractivity contribution in [2.75, 3.05) is 20.8 Å². The number of hydrazone groups is 1. The number of hydrogen-bond donors (Lipinski definition) is 1. The average molecular weight is 342 g/mol. The Morgan fingerprint density at radius 3 is 2.44 bits per heavy atom. The second kappa shape index (κ2) is 9.32. The molecule has 0 heterocycles. The first kappa shape index (κ1) is 18.3. The van der Waals surface area contributed by atoms with Crippen LogP contribution in [-0.2, 0) is 0 Å². The van der Waals surface area contributed by atoms with Crippen LogP contribution in [0.5, 0.6) is 17.2 Å². The van der Waals surface area contributed by atoms with E-state index in [1.807, 2.05) is 6.92 Å².